The highest BCUT2D eigenvalue weighted by atomic mass is 16.3. The Morgan fingerprint density at radius 2 is 1.95 bits per heavy atom. The average Bonchev–Trinajstić information content (AvgIpc) is 2.41. The van der Waals surface area contributed by atoms with Crippen LogP contribution in [-0.4, -0.2) is 11.0 Å². The third-order valence-electron chi connectivity index (χ3n) is 3.09. The third-order valence-corrected chi connectivity index (χ3v) is 3.09. The maximum atomic E-state index is 12.1. The number of nitrogens with one attached hydrogen (secondary N) is 1. The molecule has 0 heterocycles. The molecule has 3 heteroatoms. The summed E-state index contributed by atoms with van der Waals surface area (Å²) in [4.78, 5) is 12.1. The van der Waals surface area contributed by atoms with Gasteiger partial charge in [0.15, 0.2) is 0 Å². The molecule has 1 amide bonds. The smallest absolute Gasteiger partial charge is 0.228 e. The van der Waals surface area contributed by atoms with Crippen LogP contribution in [0, 0.1) is 0 Å². The summed E-state index contributed by atoms with van der Waals surface area (Å²) in [7, 11) is 0. The lowest BCUT2D eigenvalue weighted by atomic mass is 10.1. The molecule has 0 unspecified atom stereocenters. The fourth-order valence-electron chi connectivity index (χ4n) is 2.18. The molecule has 0 aliphatic heterocycles. The lowest BCUT2D eigenvalue weighted by Gasteiger charge is -2.10. The van der Waals surface area contributed by atoms with Crippen molar-refractivity contribution in [3.8, 4) is 5.75 Å². The first-order valence-electron chi connectivity index (χ1n) is 6.84. The minimum Gasteiger partial charge on any atom is -0.508 e. The Hall–Kier alpha value is -2.29. The summed E-state index contributed by atoms with van der Waals surface area (Å²) in [6, 6.07) is 14.6. The van der Waals surface area contributed by atoms with Gasteiger partial charge in [0.25, 0.3) is 0 Å². The summed E-state index contributed by atoms with van der Waals surface area (Å²) in [6.07, 6.45) is 2.25. The minimum absolute atomic E-state index is 0.0702. The van der Waals surface area contributed by atoms with E-state index in [0.29, 0.717) is 0 Å². The van der Waals surface area contributed by atoms with Crippen molar-refractivity contribution in [1.82, 2.24) is 0 Å². The van der Waals surface area contributed by atoms with Crippen LogP contribution in [0.2, 0.25) is 0 Å². The zero-order valence-corrected chi connectivity index (χ0v) is 11.6. The second-order valence-electron chi connectivity index (χ2n) is 4.80. The van der Waals surface area contributed by atoms with Crippen molar-refractivity contribution in [3.05, 3.63) is 59.7 Å². The van der Waals surface area contributed by atoms with Gasteiger partial charge in [-0.25, -0.2) is 0 Å². The summed E-state index contributed by atoms with van der Waals surface area (Å²) in [6.45, 7) is 2.12. The number of carbonyl (C=O) groups excluding carboxylic acids is 1. The van der Waals surface area contributed by atoms with Crippen LogP contribution in [0.4, 0.5) is 5.69 Å². The van der Waals surface area contributed by atoms with E-state index in [1.54, 1.807) is 18.2 Å². The van der Waals surface area contributed by atoms with Crippen molar-refractivity contribution < 1.29 is 9.90 Å². The number of benzene rings is 2. The fraction of sp³-hybridized carbons (Fsp3) is 0.235. The normalized spacial score (nSPS) is 10.2. The van der Waals surface area contributed by atoms with Gasteiger partial charge in [0.1, 0.15) is 5.75 Å². The number of phenols is 1. The SMILES string of the molecule is CCCc1ccccc1NC(=O)Cc1cccc(O)c1. The Morgan fingerprint density at radius 3 is 2.70 bits per heavy atom. The number of amides is 1. The standard InChI is InChI=1S/C17H19NO2/c1-2-6-14-8-3-4-10-16(14)18-17(20)12-13-7-5-9-15(19)11-13/h3-5,7-11,19H,2,6,12H2,1H3,(H,18,20). The van der Waals surface area contributed by atoms with Crippen molar-refractivity contribution >= 4 is 11.6 Å². The molecule has 0 radical (unpaired) electrons. The summed E-state index contributed by atoms with van der Waals surface area (Å²) >= 11 is 0. The molecule has 0 aliphatic carbocycles. The highest BCUT2D eigenvalue weighted by Gasteiger charge is 2.07. The minimum atomic E-state index is -0.0702. The van der Waals surface area contributed by atoms with Crippen LogP contribution in [0.1, 0.15) is 24.5 Å². The highest BCUT2D eigenvalue weighted by molar-refractivity contribution is 5.93. The summed E-state index contributed by atoms with van der Waals surface area (Å²) in [5.74, 6) is 0.112. The van der Waals surface area contributed by atoms with Crippen LogP contribution in [0.15, 0.2) is 48.5 Å². The maximum Gasteiger partial charge on any atom is 0.228 e. The molecule has 2 N–H and O–H groups in total. The van der Waals surface area contributed by atoms with Gasteiger partial charge < -0.3 is 10.4 Å². The second-order valence-corrected chi connectivity index (χ2v) is 4.80. The zero-order valence-electron chi connectivity index (χ0n) is 11.6. The first kappa shape index (κ1) is 14.1. The van der Waals surface area contributed by atoms with Crippen LogP contribution >= 0.6 is 0 Å². The Morgan fingerprint density at radius 1 is 1.15 bits per heavy atom. The molecule has 2 aromatic rings. The number of aryl methyl sites for hydroxylation is 1. The molecule has 2 rings (SSSR count). The quantitative estimate of drug-likeness (QED) is 0.872. The molecule has 3 nitrogen and oxygen atoms in total. The number of aromatic hydroxyl groups is 1. The number of phenolic OH excluding ortho intramolecular Hbond substituents is 1. The molecule has 0 aliphatic rings. The van der Waals surface area contributed by atoms with Gasteiger partial charge in [0, 0.05) is 5.69 Å². The monoisotopic (exact) mass is 269 g/mol. The summed E-state index contributed by atoms with van der Waals surface area (Å²) in [5, 5.41) is 12.3. The Kier molecular flexibility index (Phi) is 4.77. The molecule has 0 spiro atoms. The Labute approximate surface area is 119 Å². The first-order chi connectivity index (χ1) is 9.69. The number of carbonyl (C=O) groups is 1. The average molecular weight is 269 g/mol. The largest absolute Gasteiger partial charge is 0.508 e. The first-order valence-corrected chi connectivity index (χ1v) is 6.84. The van der Waals surface area contributed by atoms with Gasteiger partial charge in [-0.3, -0.25) is 4.79 Å². The molecule has 104 valence electrons. The highest BCUT2D eigenvalue weighted by Crippen LogP contribution is 2.18. The van der Waals surface area contributed by atoms with Gasteiger partial charge in [-0.1, -0.05) is 43.7 Å². The lowest BCUT2D eigenvalue weighted by molar-refractivity contribution is -0.115. The molecule has 0 saturated carbocycles. The summed E-state index contributed by atoms with van der Waals surface area (Å²) < 4.78 is 0. The second kappa shape index (κ2) is 6.75. The number of hydrogen-bond acceptors (Lipinski definition) is 2. The summed E-state index contributed by atoms with van der Waals surface area (Å²) in [5.41, 5.74) is 2.83. The molecule has 0 atom stereocenters. The molecule has 2 aromatic carbocycles. The van der Waals surface area contributed by atoms with E-state index in [1.807, 2.05) is 30.3 Å². The van der Waals surface area contributed by atoms with E-state index in [-0.39, 0.29) is 18.1 Å². The Balaban J connectivity index is 2.05. The van der Waals surface area contributed by atoms with Gasteiger partial charge in [-0.05, 0) is 35.7 Å². The number of para-hydroxylation sites is 1. The van der Waals surface area contributed by atoms with Crippen molar-refractivity contribution in [2.24, 2.45) is 0 Å². The van der Waals surface area contributed by atoms with Crippen LogP contribution in [0.5, 0.6) is 5.75 Å². The third kappa shape index (κ3) is 3.85. The van der Waals surface area contributed by atoms with E-state index in [0.717, 1.165) is 29.7 Å². The topological polar surface area (TPSA) is 49.3 Å². The Bertz CT molecular complexity index is 593. The van der Waals surface area contributed by atoms with Crippen LogP contribution < -0.4 is 5.32 Å². The van der Waals surface area contributed by atoms with E-state index in [2.05, 4.69) is 12.2 Å². The van der Waals surface area contributed by atoms with E-state index >= 15 is 0 Å². The molecule has 0 aromatic heterocycles. The van der Waals surface area contributed by atoms with Crippen molar-refractivity contribution in [1.29, 1.82) is 0 Å². The van der Waals surface area contributed by atoms with Crippen molar-refractivity contribution in [2.75, 3.05) is 5.32 Å². The zero-order chi connectivity index (χ0) is 14.4. The molecule has 0 fully saturated rings. The number of anilines is 1. The fourth-order valence-corrected chi connectivity index (χ4v) is 2.18. The number of rotatable bonds is 5. The van der Waals surface area contributed by atoms with E-state index in [9.17, 15) is 9.90 Å². The van der Waals surface area contributed by atoms with Gasteiger partial charge >= 0.3 is 0 Å². The van der Waals surface area contributed by atoms with Gasteiger partial charge in [-0.2, -0.15) is 0 Å². The van der Waals surface area contributed by atoms with Gasteiger partial charge in [0.2, 0.25) is 5.91 Å². The van der Waals surface area contributed by atoms with Crippen LogP contribution in [-0.2, 0) is 17.6 Å². The maximum absolute atomic E-state index is 12.1. The van der Waals surface area contributed by atoms with Gasteiger partial charge in [0.05, 0.1) is 6.42 Å². The molecule has 0 bridgehead atoms. The predicted octanol–water partition coefficient (Wildman–Crippen LogP) is 3.53. The van der Waals surface area contributed by atoms with Crippen molar-refractivity contribution in [3.63, 3.8) is 0 Å². The van der Waals surface area contributed by atoms with Crippen molar-refractivity contribution in [2.45, 2.75) is 26.2 Å². The molecule has 0 saturated heterocycles. The lowest BCUT2D eigenvalue weighted by Crippen LogP contribution is -2.15. The van der Waals surface area contributed by atoms with E-state index in [1.165, 1.54) is 0 Å². The van der Waals surface area contributed by atoms with Crippen LogP contribution in [0.3, 0.4) is 0 Å². The van der Waals surface area contributed by atoms with E-state index < -0.39 is 0 Å². The van der Waals surface area contributed by atoms with Crippen LogP contribution in [0.25, 0.3) is 0 Å². The molecule has 20 heavy (non-hydrogen) atoms. The van der Waals surface area contributed by atoms with Gasteiger partial charge in [-0.15, -0.1) is 0 Å². The molecular weight excluding hydrogens is 250 g/mol. The predicted molar refractivity (Wildman–Crippen MR) is 80.9 cm³/mol. The number of hydrogen-bond donors (Lipinski definition) is 2. The molecular formula is C17H19NO2. The van der Waals surface area contributed by atoms with E-state index in [4.69, 9.17) is 0 Å².